The van der Waals surface area contributed by atoms with Crippen molar-refractivity contribution in [1.82, 2.24) is 10.0 Å². The molecule has 4 heterocycles. The molecular formula is C37H48ClN3O6S. The molecule has 2 bridgehead atoms. The predicted molar refractivity (Wildman–Crippen MR) is 185 cm³/mol. The van der Waals surface area contributed by atoms with Crippen molar-refractivity contribution in [3.63, 3.8) is 0 Å². The number of anilines is 1. The third kappa shape index (κ3) is 5.93. The van der Waals surface area contributed by atoms with Gasteiger partial charge in [0.15, 0.2) is 6.29 Å². The molecule has 1 amide bonds. The lowest BCUT2D eigenvalue weighted by Gasteiger charge is -2.47. The fourth-order valence-corrected chi connectivity index (χ4v) is 11.0. The highest BCUT2D eigenvalue weighted by Crippen LogP contribution is 2.49. The molecule has 11 heteroatoms. The summed E-state index contributed by atoms with van der Waals surface area (Å²) in [5.74, 6) is 1.11. The normalized spacial score (nSPS) is 37.7. The number of ether oxygens (including phenoxy) is 3. The molecule has 6 aliphatic rings. The number of hydrogen-bond donors (Lipinski definition) is 2. The van der Waals surface area contributed by atoms with Crippen LogP contribution in [-0.2, 0) is 31.3 Å². The highest BCUT2D eigenvalue weighted by Gasteiger charge is 2.49. The smallest absolute Gasteiger partial charge is 0.264 e. The highest BCUT2D eigenvalue weighted by atomic mass is 35.5. The average molecular weight is 698 g/mol. The van der Waals surface area contributed by atoms with Crippen LogP contribution in [0.25, 0.3) is 0 Å². The Balaban J connectivity index is 1.18. The first-order valence-corrected chi connectivity index (χ1v) is 19.9. The van der Waals surface area contributed by atoms with Crippen LogP contribution in [0.2, 0.25) is 5.02 Å². The number of amides is 1. The van der Waals surface area contributed by atoms with Crippen molar-refractivity contribution in [2.45, 2.75) is 94.4 Å². The molecule has 0 radical (unpaired) electrons. The summed E-state index contributed by atoms with van der Waals surface area (Å²) in [7, 11) is -3.90. The van der Waals surface area contributed by atoms with Crippen LogP contribution in [0, 0.1) is 23.7 Å². The number of nitrogens with zero attached hydrogens (tertiary/aromatic N) is 1. The number of aryl methyl sites for hydroxylation is 1. The lowest BCUT2D eigenvalue weighted by Crippen LogP contribution is -2.50. The second-order valence-electron chi connectivity index (χ2n) is 15.4. The van der Waals surface area contributed by atoms with Crippen molar-refractivity contribution in [2.24, 2.45) is 23.7 Å². The molecule has 2 aromatic rings. The van der Waals surface area contributed by atoms with Crippen molar-refractivity contribution < 1.29 is 27.4 Å². The van der Waals surface area contributed by atoms with Gasteiger partial charge < -0.3 is 24.4 Å². The lowest BCUT2D eigenvalue weighted by atomic mass is 9.64. The number of carbonyl (C=O) groups excluding carboxylic acids is 1. The number of hydrogen-bond acceptors (Lipinski definition) is 8. The zero-order chi connectivity index (χ0) is 33.2. The molecule has 8 rings (SSSR count). The number of rotatable bonds is 1. The van der Waals surface area contributed by atoms with Crippen LogP contribution in [0.3, 0.4) is 0 Å². The number of carbonyl (C=O) groups is 1. The molecule has 48 heavy (non-hydrogen) atoms. The van der Waals surface area contributed by atoms with Crippen LogP contribution >= 0.6 is 11.6 Å². The van der Waals surface area contributed by atoms with E-state index in [9.17, 15) is 13.2 Å². The van der Waals surface area contributed by atoms with E-state index in [0.29, 0.717) is 24.0 Å². The first kappa shape index (κ1) is 32.8. The largest absolute Gasteiger partial charge is 0.490 e. The van der Waals surface area contributed by atoms with Crippen molar-refractivity contribution in [3.8, 4) is 5.75 Å². The van der Waals surface area contributed by atoms with Gasteiger partial charge in [-0.3, -0.25) is 4.79 Å². The van der Waals surface area contributed by atoms with E-state index in [4.69, 9.17) is 25.8 Å². The lowest BCUT2D eigenvalue weighted by molar-refractivity contribution is -0.141. The standard InChI is InChI=1S/C37H48ClN3O6S/c1-22-5-3-7-29(36-46-33-17-39-18-34(33)47-36)28-11-8-26(28)19-41-20-37(14-4-6-24-15-27(38)10-12-30(24)37)21-45-32-13-9-25(16-31(32)41)35(42)40-48(43,44)23(22)2/h9-10,12-13,15-16,22-23,26,28-29,33-34,36,39H,3-8,11,14,17-21H2,1-2H3,(H,40,42)/t22-,23+,26-,28+,29-,33-,34+,36?,37-/m0/s1. The van der Waals surface area contributed by atoms with Crippen LogP contribution in [0.15, 0.2) is 36.4 Å². The van der Waals surface area contributed by atoms with E-state index < -0.39 is 21.2 Å². The molecule has 2 aliphatic carbocycles. The Kier molecular flexibility index (Phi) is 8.72. The number of fused-ring (bicyclic) bond motifs is 5. The summed E-state index contributed by atoms with van der Waals surface area (Å²) in [4.78, 5) is 16.0. The average Bonchev–Trinajstić information content (AvgIpc) is 3.62. The Bertz CT molecular complexity index is 1660. The van der Waals surface area contributed by atoms with Gasteiger partial charge in [-0.2, -0.15) is 0 Å². The van der Waals surface area contributed by atoms with E-state index in [0.717, 1.165) is 94.0 Å². The van der Waals surface area contributed by atoms with Gasteiger partial charge in [0.25, 0.3) is 5.91 Å². The van der Waals surface area contributed by atoms with Gasteiger partial charge in [-0.15, -0.1) is 0 Å². The number of sulfonamides is 1. The summed E-state index contributed by atoms with van der Waals surface area (Å²) in [6, 6.07) is 11.7. The quantitative estimate of drug-likeness (QED) is 0.406. The fourth-order valence-electron chi connectivity index (χ4n) is 9.45. The zero-order valence-electron chi connectivity index (χ0n) is 28.0. The van der Waals surface area contributed by atoms with Gasteiger partial charge in [0.05, 0.1) is 17.5 Å². The summed E-state index contributed by atoms with van der Waals surface area (Å²) in [6.07, 6.45) is 7.77. The minimum Gasteiger partial charge on any atom is -0.490 e. The summed E-state index contributed by atoms with van der Waals surface area (Å²) in [5, 5.41) is 3.43. The Morgan fingerprint density at radius 1 is 0.958 bits per heavy atom. The predicted octanol–water partition coefficient (Wildman–Crippen LogP) is 5.44. The summed E-state index contributed by atoms with van der Waals surface area (Å²) in [6.45, 7) is 7.41. The van der Waals surface area contributed by atoms with Crippen molar-refractivity contribution >= 4 is 33.2 Å². The molecule has 9 nitrogen and oxygen atoms in total. The van der Waals surface area contributed by atoms with Crippen LogP contribution < -0.4 is 19.7 Å². The van der Waals surface area contributed by atoms with E-state index in [2.05, 4.69) is 27.1 Å². The first-order valence-electron chi connectivity index (χ1n) is 18.0. The second-order valence-corrected chi connectivity index (χ2v) is 17.9. The van der Waals surface area contributed by atoms with E-state index >= 15 is 0 Å². The molecule has 1 unspecified atom stereocenters. The fraction of sp³-hybridized carbons (Fsp3) is 0.649. The number of nitrogens with one attached hydrogen (secondary N) is 2. The Morgan fingerprint density at radius 3 is 2.54 bits per heavy atom. The maximum absolute atomic E-state index is 13.5. The van der Waals surface area contributed by atoms with Gasteiger partial charge in [-0.05, 0) is 111 Å². The van der Waals surface area contributed by atoms with Crippen LogP contribution in [-0.4, -0.2) is 70.9 Å². The Morgan fingerprint density at radius 2 is 1.77 bits per heavy atom. The highest BCUT2D eigenvalue weighted by molar-refractivity contribution is 7.90. The van der Waals surface area contributed by atoms with Crippen molar-refractivity contribution in [2.75, 3.05) is 37.7 Å². The zero-order valence-corrected chi connectivity index (χ0v) is 29.5. The second kappa shape index (κ2) is 12.7. The van der Waals surface area contributed by atoms with Crippen LogP contribution in [0.1, 0.15) is 80.3 Å². The SMILES string of the molecule is C[C@@H]1[C@@H](C)CCC[C@H](C2O[C@H]3CNC[C@H]3O2)[C@@H]2CC[C@H]2CN2C[C@@]3(CCCc4cc(Cl)ccc43)COc3ccc(cc32)C(=O)NS1(=O)=O. The van der Waals surface area contributed by atoms with Crippen LogP contribution in [0.5, 0.6) is 5.75 Å². The third-order valence-electron chi connectivity index (χ3n) is 12.6. The van der Waals surface area contributed by atoms with Crippen LogP contribution in [0.4, 0.5) is 5.69 Å². The molecule has 1 saturated carbocycles. The minimum atomic E-state index is -3.90. The summed E-state index contributed by atoms with van der Waals surface area (Å²) in [5.41, 5.74) is 3.50. The Labute approximate surface area is 289 Å². The van der Waals surface area contributed by atoms with Gasteiger partial charge in [0.1, 0.15) is 18.0 Å². The monoisotopic (exact) mass is 697 g/mol. The van der Waals surface area contributed by atoms with Gasteiger partial charge in [0.2, 0.25) is 10.0 Å². The van der Waals surface area contributed by atoms with Crippen molar-refractivity contribution in [3.05, 3.63) is 58.1 Å². The van der Waals surface area contributed by atoms with Crippen molar-refractivity contribution in [1.29, 1.82) is 0 Å². The molecule has 0 aromatic heterocycles. The molecule has 4 aliphatic heterocycles. The summed E-state index contributed by atoms with van der Waals surface area (Å²) >= 11 is 6.47. The number of benzene rings is 2. The first-order chi connectivity index (χ1) is 23.1. The van der Waals surface area contributed by atoms with E-state index in [1.165, 1.54) is 11.1 Å². The molecule has 2 aromatic carbocycles. The molecule has 2 saturated heterocycles. The van der Waals surface area contributed by atoms with E-state index in [1.54, 1.807) is 13.0 Å². The number of halogens is 1. The minimum absolute atomic E-state index is 0.0920. The molecule has 260 valence electrons. The molecule has 1 spiro atoms. The maximum Gasteiger partial charge on any atom is 0.264 e. The third-order valence-corrected chi connectivity index (χ3v) is 14.7. The molecule has 9 atom stereocenters. The molecule has 2 N–H and O–H groups in total. The van der Waals surface area contributed by atoms with E-state index in [-0.39, 0.29) is 35.7 Å². The maximum atomic E-state index is 13.5. The molecular weight excluding hydrogens is 650 g/mol. The topological polar surface area (TPSA) is 106 Å². The Hall–Kier alpha value is -2.37. The van der Waals surface area contributed by atoms with Gasteiger partial charge >= 0.3 is 0 Å². The molecule has 3 fully saturated rings. The summed E-state index contributed by atoms with van der Waals surface area (Å²) < 4.78 is 49.2. The van der Waals surface area contributed by atoms with Gasteiger partial charge in [-0.25, -0.2) is 13.1 Å². The van der Waals surface area contributed by atoms with Gasteiger partial charge in [0, 0.05) is 48.1 Å². The van der Waals surface area contributed by atoms with E-state index in [1.807, 2.05) is 25.1 Å². The van der Waals surface area contributed by atoms with Gasteiger partial charge in [-0.1, -0.05) is 31.0 Å².